The number of hydrogen-bond donors (Lipinski definition) is 2. The fraction of sp³-hybridized carbons (Fsp3) is 0.533. The van der Waals surface area contributed by atoms with Gasteiger partial charge in [0, 0.05) is 17.8 Å². The SMILES string of the molecule is CCOc1ccc(NC(=S)N(NC(C)C)C(C)C)cc1. The molecule has 0 saturated carbocycles. The van der Waals surface area contributed by atoms with Crippen LogP contribution in [0, 0.1) is 0 Å². The molecular weight excluding hydrogens is 270 g/mol. The number of hydrogen-bond acceptors (Lipinski definition) is 3. The lowest BCUT2D eigenvalue weighted by Gasteiger charge is -2.31. The molecule has 4 nitrogen and oxygen atoms in total. The normalized spacial score (nSPS) is 10.8. The van der Waals surface area contributed by atoms with Crippen LogP contribution in [0.2, 0.25) is 0 Å². The van der Waals surface area contributed by atoms with Gasteiger partial charge in [-0.15, -0.1) is 0 Å². The van der Waals surface area contributed by atoms with Crippen molar-refractivity contribution in [1.29, 1.82) is 0 Å². The maximum Gasteiger partial charge on any atom is 0.188 e. The van der Waals surface area contributed by atoms with Gasteiger partial charge in [0.15, 0.2) is 5.11 Å². The first kappa shape index (κ1) is 16.7. The molecule has 1 rings (SSSR count). The van der Waals surface area contributed by atoms with Crippen molar-refractivity contribution >= 4 is 23.0 Å². The van der Waals surface area contributed by atoms with Crippen LogP contribution in [0.15, 0.2) is 24.3 Å². The van der Waals surface area contributed by atoms with Gasteiger partial charge in [0.1, 0.15) is 5.75 Å². The molecule has 0 fully saturated rings. The predicted octanol–water partition coefficient (Wildman–Crippen LogP) is 3.41. The lowest BCUT2D eigenvalue weighted by molar-refractivity contribution is 0.233. The second kappa shape index (κ2) is 8.07. The number of nitrogens with one attached hydrogen (secondary N) is 2. The monoisotopic (exact) mass is 295 g/mol. The Balaban J connectivity index is 2.67. The van der Waals surface area contributed by atoms with Gasteiger partial charge in [0.2, 0.25) is 0 Å². The second-order valence-corrected chi connectivity index (χ2v) is 5.52. The van der Waals surface area contributed by atoms with Gasteiger partial charge in [-0.1, -0.05) is 0 Å². The van der Waals surface area contributed by atoms with E-state index in [1.54, 1.807) is 0 Å². The summed E-state index contributed by atoms with van der Waals surface area (Å²) in [5.74, 6) is 0.866. The number of thiocarbonyl (C=S) groups is 1. The summed E-state index contributed by atoms with van der Waals surface area (Å²) in [7, 11) is 0. The Morgan fingerprint density at radius 3 is 2.25 bits per heavy atom. The molecule has 1 aromatic carbocycles. The number of ether oxygens (including phenoxy) is 1. The first-order valence-corrected chi connectivity index (χ1v) is 7.44. The standard InChI is InChI=1S/C15H25N3OS/c1-6-19-14-9-7-13(8-10-14)16-15(20)18(12(4)5)17-11(2)3/h7-12,17H,6H2,1-5H3,(H,16,20). The average molecular weight is 295 g/mol. The van der Waals surface area contributed by atoms with Crippen molar-refractivity contribution in [2.24, 2.45) is 0 Å². The van der Waals surface area contributed by atoms with Crippen LogP contribution < -0.4 is 15.5 Å². The van der Waals surface area contributed by atoms with Crippen LogP contribution in [0.25, 0.3) is 0 Å². The number of hydrazine groups is 1. The van der Waals surface area contributed by atoms with Crippen molar-refractivity contribution in [2.45, 2.75) is 46.7 Å². The topological polar surface area (TPSA) is 36.5 Å². The number of rotatable bonds is 6. The zero-order valence-corrected chi connectivity index (χ0v) is 13.8. The molecule has 1 aromatic rings. The Hall–Kier alpha value is -1.33. The van der Waals surface area contributed by atoms with E-state index < -0.39 is 0 Å². The average Bonchev–Trinajstić information content (AvgIpc) is 2.38. The van der Waals surface area contributed by atoms with Gasteiger partial charge in [0.25, 0.3) is 0 Å². The summed E-state index contributed by atoms with van der Waals surface area (Å²) < 4.78 is 5.42. The minimum absolute atomic E-state index is 0.278. The highest BCUT2D eigenvalue weighted by Gasteiger charge is 2.14. The summed E-state index contributed by atoms with van der Waals surface area (Å²) in [4.78, 5) is 0. The third-order valence-electron chi connectivity index (χ3n) is 2.55. The van der Waals surface area contributed by atoms with Crippen molar-refractivity contribution in [3.05, 3.63) is 24.3 Å². The Kier molecular flexibility index (Phi) is 6.75. The molecule has 2 N–H and O–H groups in total. The van der Waals surface area contributed by atoms with E-state index in [0.717, 1.165) is 11.4 Å². The first-order valence-electron chi connectivity index (χ1n) is 7.03. The molecule has 0 aliphatic heterocycles. The van der Waals surface area contributed by atoms with Crippen LogP contribution in [0.4, 0.5) is 5.69 Å². The van der Waals surface area contributed by atoms with E-state index in [1.807, 2.05) is 36.2 Å². The molecule has 0 aromatic heterocycles. The highest BCUT2D eigenvalue weighted by Crippen LogP contribution is 2.16. The van der Waals surface area contributed by atoms with E-state index in [4.69, 9.17) is 17.0 Å². The largest absolute Gasteiger partial charge is 0.494 e. The zero-order valence-electron chi connectivity index (χ0n) is 12.9. The Labute approximate surface area is 127 Å². The van der Waals surface area contributed by atoms with Crippen molar-refractivity contribution in [1.82, 2.24) is 10.4 Å². The Morgan fingerprint density at radius 2 is 1.80 bits per heavy atom. The van der Waals surface area contributed by atoms with Gasteiger partial charge in [-0.2, -0.15) is 0 Å². The van der Waals surface area contributed by atoms with Crippen LogP contribution in [0.1, 0.15) is 34.6 Å². The van der Waals surface area contributed by atoms with Crippen LogP contribution in [0.3, 0.4) is 0 Å². The minimum Gasteiger partial charge on any atom is -0.494 e. The van der Waals surface area contributed by atoms with Crippen LogP contribution in [-0.2, 0) is 0 Å². The first-order chi connectivity index (χ1) is 9.43. The molecule has 0 unspecified atom stereocenters. The lowest BCUT2D eigenvalue weighted by Crippen LogP contribution is -2.51. The maximum absolute atomic E-state index is 5.46. The summed E-state index contributed by atoms with van der Waals surface area (Å²) >= 11 is 5.46. The molecule has 20 heavy (non-hydrogen) atoms. The summed E-state index contributed by atoms with van der Waals surface area (Å²) in [5, 5.41) is 5.87. The number of anilines is 1. The third kappa shape index (κ3) is 5.35. The molecule has 0 saturated heterocycles. The summed E-state index contributed by atoms with van der Waals surface area (Å²) in [6.07, 6.45) is 0. The van der Waals surface area contributed by atoms with Crippen molar-refractivity contribution in [3.63, 3.8) is 0 Å². The summed E-state index contributed by atoms with van der Waals surface area (Å²) in [6, 6.07) is 8.40. The van der Waals surface area contributed by atoms with Gasteiger partial charge in [-0.3, -0.25) is 5.01 Å². The second-order valence-electron chi connectivity index (χ2n) is 5.14. The van der Waals surface area contributed by atoms with E-state index in [0.29, 0.717) is 17.8 Å². The van der Waals surface area contributed by atoms with Gasteiger partial charge in [-0.25, -0.2) is 5.43 Å². The Bertz CT molecular complexity index is 418. The van der Waals surface area contributed by atoms with Crippen LogP contribution >= 0.6 is 12.2 Å². The molecule has 0 atom stereocenters. The molecule has 0 amide bonds. The molecule has 0 heterocycles. The minimum atomic E-state index is 0.278. The van der Waals surface area contributed by atoms with Crippen LogP contribution in [-0.4, -0.2) is 28.8 Å². The lowest BCUT2D eigenvalue weighted by atomic mass is 10.3. The number of nitrogens with zero attached hydrogens (tertiary/aromatic N) is 1. The molecule has 0 bridgehead atoms. The molecule has 0 spiro atoms. The van der Waals surface area contributed by atoms with E-state index >= 15 is 0 Å². The third-order valence-corrected chi connectivity index (χ3v) is 2.85. The molecule has 5 heteroatoms. The van der Waals surface area contributed by atoms with E-state index in [9.17, 15) is 0 Å². The molecule has 0 radical (unpaired) electrons. The summed E-state index contributed by atoms with van der Waals surface area (Å²) in [6.45, 7) is 11.0. The molecule has 112 valence electrons. The van der Waals surface area contributed by atoms with Crippen molar-refractivity contribution in [3.8, 4) is 5.75 Å². The predicted molar refractivity (Wildman–Crippen MR) is 89.1 cm³/mol. The van der Waals surface area contributed by atoms with Gasteiger partial charge < -0.3 is 10.1 Å². The van der Waals surface area contributed by atoms with Gasteiger partial charge in [-0.05, 0) is 71.1 Å². The van der Waals surface area contributed by atoms with Gasteiger partial charge >= 0.3 is 0 Å². The quantitative estimate of drug-likeness (QED) is 0.621. The van der Waals surface area contributed by atoms with E-state index in [2.05, 4.69) is 38.4 Å². The molecule has 0 aliphatic carbocycles. The highest BCUT2D eigenvalue weighted by molar-refractivity contribution is 7.80. The fourth-order valence-electron chi connectivity index (χ4n) is 1.71. The molecule has 0 aliphatic rings. The van der Waals surface area contributed by atoms with E-state index in [1.165, 1.54) is 0 Å². The molecular formula is C15H25N3OS. The maximum atomic E-state index is 5.46. The zero-order chi connectivity index (χ0) is 15.1. The number of benzene rings is 1. The summed E-state index contributed by atoms with van der Waals surface area (Å²) in [5.41, 5.74) is 4.29. The van der Waals surface area contributed by atoms with Gasteiger partial charge in [0.05, 0.1) is 6.61 Å². The van der Waals surface area contributed by atoms with E-state index in [-0.39, 0.29) is 6.04 Å². The van der Waals surface area contributed by atoms with Crippen molar-refractivity contribution in [2.75, 3.05) is 11.9 Å². The smallest absolute Gasteiger partial charge is 0.188 e. The van der Waals surface area contributed by atoms with Crippen molar-refractivity contribution < 1.29 is 4.74 Å². The Morgan fingerprint density at radius 1 is 1.20 bits per heavy atom. The fourth-order valence-corrected chi connectivity index (χ4v) is 2.09. The van der Waals surface area contributed by atoms with Crippen LogP contribution in [0.5, 0.6) is 5.75 Å². The highest BCUT2D eigenvalue weighted by atomic mass is 32.1.